The lowest BCUT2D eigenvalue weighted by Crippen LogP contribution is -2.26. The van der Waals surface area contributed by atoms with Gasteiger partial charge in [-0.15, -0.1) is 0 Å². The van der Waals surface area contributed by atoms with E-state index in [1.807, 2.05) is 18.3 Å². The van der Waals surface area contributed by atoms with Crippen molar-refractivity contribution in [3.8, 4) is 0 Å². The molecule has 4 heteroatoms. The molecule has 108 valence electrons. The second-order valence-corrected chi connectivity index (χ2v) is 5.90. The number of para-hydroxylation sites is 1. The Bertz CT molecular complexity index is 684. The van der Waals surface area contributed by atoms with Crippen LogP contribution in [0.1, 0.15) is 17.2 Å². The highest BCUT2D eigenvalue weighted by Gasteiger charge is 2.18. The molecule has 0 radical (unpaired) electrons. The van der Waals surface area contributed by atoms with Gasteiger partial charge in [-0.25, -0.2) is 0 Å². The van der Waals surface area contributed by atoms with Crippen molar-refractivity contribution >= 4 is 28.9 Å². The molecule has 0 saturated carbocycles. The zero-order valence-corrected chi connectivity index (χ0v) is 12.8. The van der Waals surface area contributed by atoms with Gasteiger partial charge in [-0.1, -0.05) is 53.5 Å². The smallest absolute Gasteiger partial charge is 0.0983 e. The van der Waals surface area contributed by atoms with E-state index in [4.69, 9.17) is 23.2 Å². The van der Waals surface area contributed by atoms with E-state index in [2.05, 4.69) is 23.1 Å². The lowest BCUT2D eigenvalue weighted by atomic mass is 10.0. The van der Waals surface area contributed by atoms with Gasteiger partial charge in [-0.3, -0.25) is 0 Å². The maximum Gasteiger partial charge on any atom is 0.0983 e. The second-order valence-electron chi connectivity index (χ2n) is 5.05. The molecule has 2 nitrogen and oxygen atoms in total. The quantitative estimate of drug-likeness (QED) is 0.893. The van der Waals surface area contributed by atoms with E-state index < -0.39 is 6.10 Å². The van der Waals surface area contributed by atoms with Crippen LogP contribution < -0.4 is 4.90 Å². The van der Waals surface area contributed by atoms with Gasteiger partial charge in [0.15, 0.2) is 0 Å². The number of β-amino-alcohol motifs (C(OH)–C–C–N with tert-alkyl or cyclic N) is 1. The predicted molar refractivity (Wildman–Crippen MR) is 88.1 cm³/mol. The molecule has 0 fully saturated rings. The van der Waals surface area contributed by atoms with E-state index in [1.165, 1.54) is 5.56 Å². The molecular formula is C17H15Cl2NO. The molecular weight excluding hydrogens is 305 g/mol. The van der Waals surface area contributed by atoms with E-state index in [9.17, 15) is 5.11 Å². The summed E-state index contributed by atoms with van der Waals surface area (Å²) in [5.41, 5.74) is 3.08. The van der Waals surface area contributed by atoms with Crippen LogP contribution in [-0.2, 0) is 6.42 Å². The van der Waals surface area contributed by atoms with Gasteiger partial charge in [0.1, 0.15) is 0 Å². The first-order valence-electron chi connectivity index (χ1n) is 6.79. The Hall–Kier alpha value is -1.48. The molecule has 1 heterocycles. The maximum atomic E-state index is 10.5. The zero-order chi connectivity index (χ0) is 14.8. The van der Waals surface area contributed by atoms with Crippen LogP contribution >= 0.6 is 23.2 Å². The highest BCUT2D eigenvalue weighted by molar-refractivity contribution is 6.35. The van der Waals surface area contributed by atoms with Crippen LogP contribution in [0.3, 0.4) is 0 Å². The monoisotopic (exact) mass is 319 g/mol. The van der Waals surface area contributed by atoms with Gasteiger partial charge < -0.3 is 10.0 Å². The van der Waals surface area contributed by atoms with Crippen molar-refractivity contribution < 1.29 is 5.11 Å². The number of aliphatic hydroxyl groups excluding tert-OH is 1. The lowest BCUT2D eigenvalue weighted by Gasteiger charge is -2.28. The fourth-order valence-electron chi connectivity index (χ4n) is 2.57. The summed E-state index contributed by atoms with van der Waals surface area (Å²) in [7, 11) is 0. The van der Waals surface area contributed by atoms with Gasteiger partial charge in [0.2, 0.25) is 0 Å². The van der Waals surface area contributed by atoms with Crippen molar-refractivity contribution in [2.24, 2.45) is 0 Å². The minimum absolute atomic E-state index is 0.453. The van der Waals surface area contributed by atoms with Crippen LogP contribution in [0.15, 0.2) is 54.7 Å². The van der Waals surface area contributed by atoms with Crippen LogP contribution in [0.5, 0.6) is 0 Å². The summed E-state index contributed by atoms with van der Waals surface area (Å²) in [5.74, 6) is 0. The van der Waals surface area contributed by atoms with Crippen molar-refractivity contribution in [2.75, 3.05) is 11.4 Å². The van der Waals surface area contributed by atoms with Gasteiger partial charge in [0.25, 0.3) is 0 Å². The Morgan fingerprint density at radius 1 is 1.14 bits per heavy atom. The molecule has 1 aliphatic heterocycles. The van der Waals surface area contributed by atoms with Gasteiger partial charge >= 0.3 is 0 Å². The van der Waals surface area contributed by atoms with Crippen molar-refractivity contribution in [3.05, 3.63) is 75.9 Å². The van der Waals surface area contributed by atoms with Crippen molar-refractivity contribution in [3.63, 3.8) is 0 Å². The standard InChI is InChI=1S/C17H15Cl2NO/c18-13-7-8-14(15(19)10-13)17(21)11-20-9-3-5-12-4-1-2-6-16(12)20/h1-4,6-10,17,21H,5,11H2/t17-/m1/s1. The zero-order valence-electron chi connectivity index (χ0n) is 11.3. The molecule has 0 saturated heterocycles. The van der Waals surface area contributed by atoms with E-state index in [0.717, 1.165) is 12.1 Å². The predicted octanol–water partition coefficient (Wildman–Crippen LogP) is 4.60. The number of hydrogen-bond donors (Lipinski definition) is 1. The Labute approximate surface area is 134 Å². The summed E-state index contributed by atoms with van der Waals surface area (Å²) < 4.78 is 0. The van der Waals surface area contributed by atoms with Crippen molar-refractivity contribution in [1.82, 2.24) is 0 Å². The molecule has 2 aromatic carbocycles. The number of rotatable bonds is 3. The largest absolute Gasteiger partial charge is 0.386 e. The van der Waals surface area contributed by atoms with Gasteiger partial charge in [0.05, 0.1) is 12.6 Å². The number of halogens is 2. The fourth-order valence-corrected chi connectivity index (χ4v) is 3.10. The summed E-state index contributed by atoms with van der Waals surface area (Å²) in [5, 5.41) is 11.5. The molecule has 1 N–H and O–H groups in total. The van der Waals surface area contributed by atoms with Gasteiger partial charge in [-0.05, 0) is 30.2 Å². The van der Waals surface area contributed by atoms with Crippen molar-refractivity contribution in [1.29, 1.82) is 0 Å². The summed E-state index contributed by atoms with van der Waals surface area (Å²) in [4.78, 5) is 2.05. The van der Waals surface area contributed by atoms with E-state index in [-0.39, 0.29) is 0 Å². The Morgan fingerprint density at radius 3 is 2.76 bits per heavy atom. The molecule has 21 heavy (non-hydrogen) atoms. The molecule has 2 aromatic rings. The van der Waals surface area contributed by atoms with E-state index >= 15 is 0 Å². The first-order chi connectivity index (χ1) is 10.1. The molecule has 1 aliphatic rings. The average molecular weight is 320 g/mol. The summed E-state index contributed by atoms with van der Waals surface area (Å²) in [6.45, 7) is 0.453. The van der Waals surface area contributed by atoms with Crippen LogP contribution in [0, 0.1) is 0 Å². The molecule has 0 spiro atoms. The fraction of sp³-hybridized carbons (Fsp3) is 0.176. The van der Waals surface area contributed by atoms with Crippen LogP contribution in [0.4, 0.5) is 5.69 Å². The van der Waals surface area contributed by atoms with Crippen molar-refractivity contribution in [2.45, 2.75) is 12.5 Å². The molecule has 0 amide bonds. The third-order valence-electron chi connectivity index (χ3n) is 3.62. The Morgan fingerprint density at radius 2 is 1.95 bits per heavy atom. The third kappa shape index (κ3) is 3.08. The van der Waals surface area contributed by atoms with Gasteiger partial charge in [-0.2, -0.15) is 0 Å². The number of hydrogen-bond acceptors (Lipinski definition) is 2. The first-order valence-corrected chi connectivity index (χ1v) is 7.55. The molecule has 0 unspecified atom stereocenters. The number of nitrogens with zero attached hydrogens (tertiary/aromatic N) is 1. The summed E-state index contributed by atoms with van der Waals surface area (Å²) in [6.07, 6.45) is 4.35. The van der Waals surface area contributed by atoms with E-state index in [1.54, 1.807) is 18.2 Å². The lowest BCUT2D eigenvalue weighted by molar-refractivity contribution is 0.186. The summed E-state index contributed by atoms with van der Waals surface area (Å²) in [6, 6.07) is 13.4. The topological polar surface area (TPSA) is 23.5 Å². The molecule has 1 atom stereocenters. The number of aliphatic hydroxyl groups is 1. The maximum absolute atomic E-state index is 10.5. The minimum atomic E-state index is -0.675. The number of allylic oxidation sites excluding steroid dienone is 1. The highest BCUT2D eigenvalue weighted by Crippen LogP contribution is 2.30. The average Bonchev–Trinajstić information content (AvgIpc) is 2.47. The van der Waals surface area contributed by atoms with E-state index in [0.29, 0.717) is 22.2 Å². The number of fused-ring (bicyclic) bond motifs is 1. The summed E-state index contributed by atoms with van der Waals surface area (Å²) >= 11 is 12.1. The minimum Gasteiger partial charge on any atom is -0.386 e. The number of anilines is 1. The van der Waals surface area contributed by atoms with Gasteiger partial charge in [0, 0.05) is 27.5 Å². The number of benzene rings is 2. The third-order valence-corrected chi connectivity index (χ3v) is 4.18. The Balaban J connectivity index is 1.83. The Kier molecular flexibility index (Phi) is 4.20. The molecule has 3 rings (SSSR count). The van der Waals surface area contributed by atoms with Crippen LogP contribution in [-0.4, -0.2) is 11.7 Å². The van der Waals surface area contributed by atoms with Crippen LogP contribution in [0.2, 0.25) is 10.0 Å². The second kappa shape index (κ2) is 6.10. The van der Waals surface area contributed by atoms with Crippen LogP contribution in [0.25, 0.3) is 0 Å². The normalized spacial score (nSPS) is 14.9. The molecule has 0 aliphatic carbocycles. The highest BCUT2D eigenvalue weighted by atomic mass is 35.5. The molecule has 0 aromatic heterocycles. The SMILES string of the molecule is O[C@H](CN1C=CCc2ccccc21)c1ccc(Cl)cc1Cl. The first kappa shape index (κ1) is 14.5. The molecule has 0 bridgehead atoms.